The molecule has 0 unspecified atom stereocenters. The maximum atomic E-state index is 12.9. The summed E-state index contributed by atoms with van der Waals surface area (Å²) in [5.74, 6) is 0.385. The smallest absolute Gasteiger partial charge is 0.341 e. The maximum absolute atomic E-state index is 12.9. The molecule has 1 N–H and O–H groups in total. The number of hydrogen-bond acceptors (Lipinski definition) is 7. The quantitative estimate of drug-likeness (QED) is 0.285. The van der Waals surface area contributed by atoms with E-state index in [2.05, 4.69) is 15.5 Å². The average Bonchev–Trinajstić information content (AvgIpc) is 3.23. The summed E-state index contributed by atoms with van der Waals surface area (Å²) in [5, 5.41) is 12.7. The van der Waals surface area contributed by atoms with Crippen LogP contribution in [0.4, 0.5) is 5.00 Å². The highest BCUT2D eigenvalue weighted by Gasteiger charge is 2.26. The minimum atomic E-state index is -0.352. The zero-order chi connectivity index (χ0) is 23.4. The summed E-state index contributed by atoms with van der Waals surface area (Å²) in [6.45, 7) is 6.03. The van der Waals surface area contributed by atoms with Gasteiger partial charge in [-0.05, 0) is 64.2 Å². The molecular formula is C24H28N4O3S2. The van der Waals surface area contributed by atoms with Crippen LogP contribution in [-0.4, -0.2) is 39.0 Å². The molecule has 0 fully saturated rings. The third-order valence-electron chi connectivity index (χ3n) is 5.57. The zero-order valence-corrected chi connectivity index (χ0v) is 20.8. The SMILES string of the molecule is CCOC(=O)c1c(NC(=O)CSc2nnc(C)n2-c2ccc(C)cc2)sc2c1CCCCC2. The van der Waals surface area contributed by atoms with Crippen LogP contribution in [0.5, 0.6) is 0 Å². The van der Waals surface area contributed by atoms with Crippen LogP contribution >= 0.6 is 23.1 Å². The standard InChI is InChI=1S/C24H28N4O3S2/c1-4-31-23(30)21-18-8-6-5-7-9-19(18)33-22(21)25-20(29)14-32-24-27-26-16(3)28(24)17-12-10-15(2)11-13-17/h10-13H,4-9,14H2,1-3H3,(H,25,29). The van der Waals surface area contributed by atoms with Gasteiger partial charge in [-0.1, -0.05) is 35.9 Å². The Morgan fingerprint density at radius 1 is 1.12 bits per heavy atom. The third-order valence-corrected chi connectivity index (χ3v) is 7.71. The second kappa shape index (κ2) is 10.5. The molecular weight excluding hydrogens is 456 g/mol. The maximum Gasteiger partial charge on any atom is 0.341 e. The van der Waals surface area contributed by atoms with Gasteiger partial charge in [0.15, 0.2) is 5.16 Å². The van der Waals surface area contributed by atoms with Crippen LogP contribution in [0.1, 0.15) is 58.4 Å². The molecule has 0 radical (unpaired) electrons. The van der Waals surface area contributed by atoms with Crippen molar-refractivity contribution >= 4 is 40.0 Å². The lowest BCUT2D eigenvalue weighted by molar-refractivity contribution is -0.113. The van der Waals surface area contributed by atoms with Crippen molar-refractivity contribution in [3.63, 3.8) is 0 Å². The molecule has 2 aromatic heterocycles. The van der Waals surface area contributed by atoms with Crippen LogP contribution in [-0.2, 0) is 22.4 Å². The van der Waals surface area contributed by atoms with Crippen molar-refractivity contribution in [2.24, 2.45) is 0 Å². The number of thiophene rings is 1. The molecule has 0 bridgehead atoms. The Morgan fingerprint density at radius 3 is 2.64 bits per heavy atom. The van der Waals surface area contributed by atoms with Crippen LogP contribution < -0.4 is 5.32 Å². The molecule has 0 saturated heterocycles. The number of carbonyl (C=O) groups excluding carboxylic acids is 2. The van der Waals surface area contributed by atoms with Crippen LogP contribution in [0.2, 0.25) is 0 Å². The number of hydrogen-bond donors (Lipinski definition) is 1. The largest absolute Gasteiger partial charge is 0.462 e. The van der Waals surface area contributed by atoms with Gasteiger partial charge < -0.3 is 10.1 Å². The van der Waals surface area contributed by atoms with Gasteiger partial charge in [0.25, 0.3) is 0 Å². The Hall–Kier alpha value is -2.65. The second-order valence-corrected chi connectivity index (χ2v) is 10.1. The van der Waals surface area contributed by atoms with E-state index in [1.807, 2.05) is 42.7 Å². The number of esters is 1. The van der Waals surface area contributed by atoms with E-state index in [4.69, 9.17) is 4.74 Å². The van der Waals surface area contributed by atoms with Crippen LogP contribution in [0.3, 0.4) is 0 Å². The van der Waals surface area contributed by atoms with E-state index in [1.165, 1.54) is 33.5 Å². The predicted octanol–water partition coefficient (Wildman–Crippen LogP) is 5.12. The number of amides is 1. The first-order valence-electron chi connectivity index (χ1n) is 11.2. The topological polar surface area (TPSA) is 86.1 Å². The lowest BCUT2D eigenvalue weighted by Crippen LogP contribution is -2.17. The number of rotatable bonds is 7. The van der Waals surface area contributed by atoms with Crippen molar-refractivity contribution in [3.8, 4) is 5.69 Å². The summed E-state index contributed by atoms with van der Waals surface area (Å²) in [5.41, 5.74) is 3.71. The van der Waals surface area contributed by atoms with E-state index >= 15 is 0 Å². The number of fused-ring (bicyclic) bond motifs is 1. The van der Waals surface area contributed by atoms with Gasteiger partial charge in [-0.25, -0.2) is 4.79 Å². The molecule has 2 heterocycles. The number of aromatic nitrogens is 3. The van der Waals surface area contributed by atoms with Gasteiger partial charge in [0.1, 0.15) is 10.8 Å². The number of ether oxygens (including phenoxy) is 1. The summed E-state index contributed by atoms with van der Waals surface area (Å²) in [6.07, 6.45) is 5.10. The van der Waals surface area contributed by atoms with E-state index < -0.39 is 0 Å². The molecule has 1 aliphatic rings. The van der Waals surface area contributed by atoms with Gasteiger partial charge >= 0.3 is 5.97 Å². The Bertz CT molecular complexity index is 1150. The molecule has 9 heteroatoms. The Balaban J connectivity index is 1.50. The molecule has 0 aliphatic heterocycles. The first-order chi connectivity index (χ1) is 16.0. The monoisotopic (exact) mass is 484 g/mol. The van der Waals surface area contributed by atoms with Crippen LogP contribution in [0, 0.1) is 13.8 Å². The highest BCUT2D eigenvalue weighted by molar-refractivity contribution is 7.99. The molecule has 4 rings (SSSR count). The third kappa shape index (κ3) is 5.30. The molecule has 3 aromatic rings. The Morgan fingerprint density at radius 2 is 1.88 bits per heavy atom. The Labute approximate surface area is 201 Å². The average molecular weight is 485 g/mol. The minimum Gasteiger partial charge on any atom is -0.462 e. The van der Waals surface area contributed by atoms with Gasteiger partial charge in [-0.15, -0.1) is 21.5 Å². The normalized spacial score (nSPS) is 13.3. The van der Waals surface area contributed by atoms with E-state index in [0.717, 1.165) is 49.2 Å². The van der Waals surface area contributed by atoms with Crippen LogP contribution in [0.15, 0.2) is 29.4 Å². The first-order valence-corrected chi connectivity index (χ1v) is 13.0. The predicted molar refractivity (Wildman–Crippen MR) is 132 cm³/mol. The lowest BCUT2D eigenvalue weighted by atomic mass is 10.1. The minimum absolute atomic E-state index is 0.162. The summed E-state index contributed by atoms with van der Waals surface area (Å²) < 4.78 is 7.25. The van der Waals surface area contributed by atoms with Crippen molar-refractivity contribution in [1.29, 1.82) is 0 Å². The number of aryl methyl sites for hydroxylation is 3. The first kappa shape index (κ1) is 23.5. The number of nitrogens with one attached hydrogen (secondary N) is 1. The highest BCUT2D eigenvalue weighted by atomic mass is 32.2. The fraction of sp³-hybridized carbons (Fsp3) is 0.417. The molecule has 1 aliphatic carbocycles. The van der Waals surface area contributed by atoms with Gasteiger partial charge in [0.05, 0.1) is 17.9 Å². The summed E-state index contributed by atoms with van der Waals surface area (Å²) in [4.78, 5) is 26.8. The molecule has 0 spiro atoms. The number of benzene rings is 1. The summed E-state index contributed by atoms with van der Waals surface area (Å²) in [6, 6.07) is 8.10. The van der Waals surface area contributed by atoms with E-state index in [-0.39, 0.29) is 17.6 Å². The number of thioether (sulfide) groups is 1. The second-order valence-electron chi connectivity index (χ2n) is 8.03. The number of anilines is 1. The molecule has 0 saturated carbocycles. The molecule has 1 aromatic carbocycles. The van der Waals surface area contributed by atoms with Crippen molar-refractivity contribution in [1.82, 2.24) is 14.8 Å². The lowest BCUT2D eigenvalue weighted by Gasteiger charge is -2.10. The van der Waals surface area contributed by atoms with Crippen molar-refractivity contribution in [2.75, 3.05) is 17.7 Å². The molecule has 1 amide bonds. The van der Waals surface area contributed by atoms with Gasteiger partial charge in [-0.2, -0.15) is 0 Å². The van der Waals surface area contributed by atoms with Crippen molar-refractivity contribution in [2.45, 2.75) is 58.0 Å². The van der Waals surface area contributed by atoms with Crippen molar-refractivity contribution in [3.05, 3.63) is 51.7 Å². The molecule has 174 valence electrons. The molecule has 0 atom stereocenters. The fourth-order valence-corrected chi connectivity index (χ4v) is 6.06. The van der Waals surface area contributed by atoms with E-state index in [1.54, 1.807) is 6.92 Å². The highest BCUT2D eigenvalue weighted by Crippen LogP contribution is 2.38. The van der Waals surface area contributed by atoms with E-state index in [9.17, 15) is 9.59 Å². The van der Waals surface area contributed by atoms with Crippen molar-refractivity contribution < 1.29 is 14.3 Å². The Kier molecular flexibility index (Phi) is 7.49. The molecule has 7 nitrogen and oxygen atoms in total. The molecule has 33 heavy (non-hydrogen) atoms. The van der Waals surface area contributed by atoms with Crippen LogP contribution in [0.25, 0.3) is 5.69 Å². The summed E-state index contributed by atoms with van der Waals surface area (Å²) >= 11 is 2.83. The van der Waals surface area contributed by atoms with Gasteiger partial charge in [-0.3, -0.25) is 9.36 Å². The van der Waals surface area contributed by atoms with Gasteiger partial charge in [0.2, 0.25) is 5.91 Å². The van der Waals surface area contributed by atoms with E-state index in [0.29, 0.717) is 22.3 Å². The summed E-state index contributed by atoms with van der Waals surface area (Å²) in [7, 11) is 0. The zero-order valence-electron chi connectivity index (χ0n) is 19.1. The van der Waals surface area contributed by atoms with Gasteiger partial charge in [0, 0.05) is 10.6 Å². The fourth-order valence-electron chi connectivity index (χ4n) is 3.97. The number of carbonyl (C=O) groups is 2. The number of nitrogens with zero attached hydrogens (tertiary/aromatic N) is 3.